The summed E-state index contributed by atoms with van der Waals surface area (Å²) in [5.41, 5.74) is 3.07. The number of ether oxygens (including phenoxy) is 2. The highest BCUT2D eigenvalue weighted by atomic mass is 32.2. The molecule has 0 fully saturated rings. The molecular formula is C25H36N2O5S. The van der Waals surface area contributed by atoms with Gasteiger partial charge in [-0.3, -0.25) is 4.79 Å². The third-order valence-corrected chi connectivity index (χ3v) is 6.94. The standard InChI is InChI=1S/C25H36N2O5S/c1-15(2)18-9-22(16(3)4)25(23(10-18)17(5)6)33(29,30)26-14-24(28)27-19-11-20(31-7)13-21(12-19)32-8/h9-13,15-17,26H,14H2,1-8H3,(H,27,28). The van der Waals surface area contributed by atoms with Crippen LogP contribution in [0, 0.1) is 0 Å². The van der Waals surface area contributed by atoms with E-state index in [2.05, 4.69) is 23.9 Å². The van der Waals surface area contributed by atoms with E-state index in [4.69, 9.17) is 9.47 Å². The van der Waals surface area contributed by atoms with Crippen molar-refractivity contribution in [2.24, 2.45) is 0 Å². The van der Waals surface area contributed by atoms with Gasteiger partial charge in [0.2, 0.25) is 15.9 Å². The molecular weight excluding hydrogens is 440 g/mol. The average molecular weight is 477 g/mol. The van der Waals surface area contributed by atoms with Gasteiger partial charge in [0.1, 0.15) is 11.5 Å². The number of benzene rings is 2. The highest BCUT2D eigenvalue weighted by molar-refractivity contribution is 7.89. The summed E-state index contributed by atoms with van der Waals surface area (Å²) in [5.74, 6) is 0.814. The Morgan fingerprint density at radius 2 is 1.30 bits per heavy atom. The van der Waals surface area contributed by atoms with Crippen LogP contribution in [0.2, 0.25) is 0 Å². The van der Waals surface area contributed by atoms with Crippen molar-refractivity contribution in [3.05, 3.63) is 47.0 Å². The molecule has 8 heteroatoms. The average Bonchev–Trinajstić information content (AvgIpc) is 2.76. The molecule has 0 aliphatic carbocycles. The van der Waals surface area contributed by atoms with Gasteiger partial charge in [-0.2, -0.15) is 0 Å². The highest BCUT2D eigenvalue weighted by Gasteiger charge is 2.27. The highest BCUT2D eigenvalue weighted by Crippen LogP contribution is 2.35. The summed E-state index contributed by atoms with van der Waals surface area (Å²) in [7, 11) is -0.904. The monoisotopic (exact) mass is 476 g/mol. The molecule has 2 N–H and O–H groups in total. The van der Waals surface area contributed by atoms with E-state index in [1.165, 1.54) is 14.2 Å². The molecule has 0 atom stereocenters. The lowest BCUT2D eigenvalue weighted by Crippen LogP contribution is -2.34. The van der Waals surface area contributed by atoms with Gasteiger partial charge in [-0.05, 0) is 34.4 Å². The van der Waals surface area contributed by atoms with Gasteiger partial charge in [-0.25, -0.2) is 13.1 Å². The first kappa shape index (κ1) is 26.7. The first-order chi connectivity index (χ1) is 15.4. The predicted octanol–water partition coefficient (Wildman–Crippen LogP) is 4.99. The number of carbonyl (C=O) groups excluding carboxylic acids is 1. The molecule has 2 aromatic rings. The maximum absolute atomic E-state index is 13.4. The Kier molecular flexibility index (Phi) is 8.91. The Balaban J connectivity index is 2.33. The number of amides is 1. The molecule has 7 nitrogen and oxygen atoms in total. The lowest BCUT2D eigenvalue weighted by Gasteiger charge is -2.23. The zero-order valence-corrected chi connectivity index (χ0v) is 21.6. The minimum absolute atomic E-state index is 0.00542. The van der Waals surface area contributed by atoms with Crippen LogP contribution in [0.25, 0.3) is 0 Å². The van der Waals surface area contributed by atoms with Crippen LogP contribution in [0.5, 0.6) is 11.5 Å². The number of carbonyl (C=O) groups is 1. The van der Waals surface area contributed by atoms with E-state index in [9.17, 15) is 13.2 Å². The number of methoxy groups -OCH3 is 2. The number of anilines is 1. The van der Waals surface area contributed by atoms with Gasteiger partial charge >= 0.3 is 0 Å². The fraction of sp³-hybridized carbons (Fsp3) is 0.480. The Hall–Kier alpha value is -2.58. The number of sulfonamides is 1. The first-order valence-electron chi connectivity index (χ1n) is 11.1. The fourth-order valence-corrected chi connectivity index (χ4v) is 5.19. The van der Waals surface area contributed by atoms with Crippen LogP contribution >= 0.6 is 0 Å². The van der Waals surface area contributed by atoms with Gasteiger partial charge < -0.3 is 14.8 Å². The summed E-state index contributed by atoms with van der Waals surface area (Å²) in [4.78, 5) is 12.8. The summed E-state index contributed by atoms with van der Waals surface area (Å²) < 4.78 is 39.7. The largest absolute Gasteiger partial charge is 0.497 e. The third kappa shape index (κ3) is 6.71. The van der Waals surface area contributed by atoms with Gasteiger partial charge in [0.05, 0.1) is 25.7 Å². The second kappa shape index (κ2) is 11.0. The minimum atomic E-state index is -3.93. The van der Waals surface area contributed by atoms with Gasteiger partial charge in [0.15, 0.2) is 0 Å². The number of nitrogens with one attached hydrogen (secondary N) is 2. The molecule has 2 aromatic carbocycles. The van der Waals surface area contributed by atoms with Crippen molar-refractivity contribution in [3.8, 4) is 11.5 Å². The predicted molar refractivity (Wildman–Crippen MR) is 132 cm³/mol. The number of hydrogen-bond donors (Lipinski definition) is 2. The summed E-state index contributed by atoms with van der Waals surface area (Å²) >= 11 is 0. The second-order valence-electron chi connectivity index (χ2n) is 8.97. The van der Waals surface area contributed by atoms with Crippen LogP contribution in [0.3, 0.4) is 0 Å². The summed E-state index contributed by atoms with van der Waals surface area (Å²) in [5, 5.41) is 2.69. The van der Waals surface area contributed by atoms with E-state index in [0.29, 0.717) is 17.2 Å². The Labute approximate surface area is 197 Å². The van der Waals surface area contributed by atoms with Crippen molar-refractivity contribution < 1.29 is 22.7 Å². The second-order valence-corrected chi connectivity index (χ2v) is 10.7. The van der Waals surface area contributed by atoms with Crippen molar-refractivity contribution in [3.63, 3.8) is 0 Å². The maximum atomic E-state index is 13.4. The molecule has 182 valence electrons. The Morgan fingerprint density at radius 1 is 0.818 bits per heavy atom. The van der Waals surface area contributed by atoms with Crippen molar-refractivity contribution in [1.82, 2.24) is 4.72 Å². The number of hydrogen-bond acceptors (Lipinski definition) is 5. The molecule has 0 unspecified atom stereocenters. The van der Waals surface area contributed by atoms with Gasteiger partial charge in [-0.15, -0.1) is 0 Å². The Bertz CT molecular complexity index is 1040. The molecule has 2 rings (SSSR count). The molecule has 0 spiro atoms. The molecule has 1 amide bonds. The normalized spacial score (nSPS) is 11.8. The molecule has 0 radical (unpaired) electrons. The van der Waals surface area contributed by atoms with E-state index in [0.717, 1.165) is 16.7 Å². The van der Waals surface area contributed by atoms with Crippen molar-refractivity contribution in [2.75, 3.05) is 26.1 Å². The topological polar surface area (TPSA) is 93.7 Å². The molecule has 0 heterocycles. The molecule has 0 saturated carbocycles. The SMILES string of the molecule is COc1cc(NC(=O)CNS(=O)(=O)c2c(C(C)C)cc(C(C)C)cc2C(C)C)cc(OC)c1. The van der Waals surface area contributed by atoms with E-state index in [1.54, 1.807) is 18.2 Å². The van der Waals surface area contributed by atoms with Gasteiger partial charge in [0, 0.05) is 23.9 Å². The number of rotatable bonds is 10. The zero-order chi connectivity index (χ0) is 24.9. The van der Waals surface area contributed by atoms with Crippen LogP contribution in [-0.2, 0) is 14.8 Å². The summed E-state index contributed by atoms with van der Waals surface area (Å²) in [6, 6.07) is 8.89. The van der Waals surface area contributed by atoms with Crippen LogP contribution < -0.4 is 19.5 Å². The third-order valence-electron chi connectivity index (χ3n) is 5.41. The minimum Gasteiger partial charge on any atom is -0.497 e. The molecule has 33 heavy (non-hydrogen) atoms. The van der Waals surface area contributed by atoms with E-state index in [1.807, 2.05) is 39.8 Å². The van der Waals surface area contributed by atoms with Crippen molar-refractivity contribution in [1.29, 1.82) is 0 Å². The fourth-order valence-electron chi connectivity index (χ4n) is 3.52. The molecule has 0 saturated heterocycles. The van der Waals surface area contributed by atoms with Crippen LogP contribution in [0.4, 0.5) is 5.69 Å². The molecule has 0 aliphatic rings. The van der Waals surface area contributed by atoms with E-state index < -0.39 is 22.5 Å². The lowest BCUT2D eigenvalue weighted by molar-refractivity contribution is -0.115. The van der Waals surface area contributed by atoms with Crippen LogP contribution in [0.15, 0.2) is 35.2 Å². The molecule has 0 aromatic heterocycles. The van der Waals surface area contributed by atoms with Crippen molar-refractivity contribution >= 4 is 21.6 Å². The van der Waals surface area contributed by atoms with Gasteiger partial charge in [0.25, 0.3) is 0 Å². The van der Waals surface area contributed by atoms with Crippen LogP contribution in [-0.4, -0.2) is 35.1 Å². The van der Waals surface area contributed by atoms with E-state index >= 15 is 0 Å². The summed E-state index contributed by atoms with van der Waals surface area (Å²) in [6.07, 6.45) is 0. The molecule has 0 aliphatic heterocycles. The Morgan fingerprint density at radius 3 is 1.70 bits per heavy atom. The lowest BCUT2D eigenvalue weighted by atomic mass is 9.89. The van der Waals surface area contributed by atoms with Crippen molar-refractivity contribution in [2.45, 2.75) is 64.2 Å². The first-order valence-corrected chi connectivity index (χ1v) is 12.6. The van der Waals surface area contributed by atoms with Gasteiger partial charge in [-0.1, -0.05) is 53.7 Å². The zero-order valence-electron chi connectivity index (χ0n) is 20.8. The molecule has 0 bridgehead atoms. The maximum Gasteiger partial charge on any atom is 0.241 e. The smallest absolute Gasteiger partial charge is 0.241 e. The van der Waals surface area contributed by atoms with Crippen LogP contribution in [0.1, 0.15) is 76.0 Å². The van der Waals surface area contributed by atoms with E-state index in [-0.39, 0.29) is 22.6 Å². The quantitative estimate of drug-likeness (QED) is 0.504. The summed E-state index contributed by atoms with van der Waals surface area (Å²) in [6.45, 7) is 11.7.